The summed E-state index contributed by atoms with van der Waals surface area (Å²) >= 11 is 0. The van der Waals surface area contributed by atoms with Gasteiger partial charge in [-0.25, -0.2) is 9.59 Å². The van der Waals surface area contributed by atoms with Crippen LogP contribution in [0.15, 0.2) is 30.3 Å². The molecule has 1 aromatic rings. The van der Waals surface area contributed by atoms with E-state index in [0.29, 0.717) is 0 Å². The standard InChI is InChI=1S/C26H42N2O12S2/c1-25(2,3)39-22(29)20(27-24(31)38-19-12-10-9-11-13-19)18-21(23(30)40-26(4,5)6)28(14-16-36-41(7,32)33)15-17-37-42(8,34)35/h9-13,20-21H,14-18H2,1-8H3,(H,27,31)/t20-,21?/m0/s1. The minimum absolute atomic E-state index is 0.194. The van der Waals surface area contributed by atoms with E-state index in [9.17, 15) is 31.2 Å². The molecule has 0 fully saturated rings. The van der Waals surface area contributed by atoms with E-state index in [4.69, 9.17) is 22.6 Å². The molecule has 1 unspecified atom stereocenters. The molecular formula is C26H42N2O12S2. The maximum Gasteiger partial charge on any atom is 0.413 e. The summed E-state index contributed by atoms with van der Waals surface area (Å²) in [6.45, 7) is 8.42. The Morgan fingerprint density at radius 2 is 1.24 bits per heavy atom. The van der Waals surface area contributed by atoms with Crippen molar-refractivity contribution < 1.29 is 53.8 Å². The highest BCUT2D eigenvalue weighted by Crippen LogP contribution is 2.19. The van der Waals surface area contributed by atoms with Crippen LogP contribution in [0.4, 0.5) is 4.79 Å². The van der Waals surface area contributed by atoms with Crippen LogP contribution in [-0.2, 0) is 47.7 Å². The Balaban J connectivity index is 3.43. The molecule has 0 aliphatic carbocycles. The molecule has 0 aliphatic heterocycles. The lowest BCUT2D eigenvalue weighted by atomic mass is 10.0. The quantitative estimate of drug-likeness (QED) is 0.217. The number of ether oxygens (including phenoxy) is 3. The summed E-state index contributed by atoms with van der Waals surface area (Å²) in [5.41, 5.74) is -1.94. The number of rotatable bonds is 15. The molecule has 1 aromatic carbocycles. The number of carbonyl (C=O) groups excluding carboxylic acids is 3. The lowest BCUT2D eigenvalue weighted by molar-refractivity contribution is -0.164. The molecule has 0 aliphatic rings. The van der Waals surface area contributed by atoms with E-state index in [0.717, 1.165) is 12.5 Å². The van der Waals surface area contributed by atoms with Gasteiger partial charge in [-0.15, -0.1) is 0 Å². The van der Waals surface area contributed by atoms with Crippen LogP contribution >= 0.6 is 0 Å². The van der Waals surface area contributed by atoms with Crippen LogP contribution in [-0.4, -0.2) is 102 Å². The van der Waals surface area contributed by atoms with Crippen molar-refractivity contribution in [1.29, 1.82) is 0 Å². The number of amides is 1. The zero-order chi connectivity index (χ0) is 32.4. The first kappa shape index (κ1) is 37.2. The predicted molar refractivity (Wildman–Crippen MR) is 153 cm³/mol. The topological polar surface area (TPSA) is 181 Å². The second kappa shape index (κ2) is 15.6. The molecule has 14 nitrogen and oxygen atoms in total. The summed E-state index contributed by atoms with van der Waals surface area (Å²) in [6.07, 6.45) is 0.255. The Hall–Kier alpha value is -2.79. The molecule has 0 aromatic heterocycles. The summed E-state index contributed by atoms with van der Waals surface area (Å²) < 4.78 is 72.2. The second-order valence-corrected chi connectivity index (χ2v) is 14.6. The number of hydrogen-bond donors (Lipinski definition) is 1. The Kier molecular flexibility index (Phi) is 13.8. The largest absolute Gasteiger partial charge is 0.459 e. The van der Waals surface area contributed by atoms with Crippen LogP contribution in [0.25, 0.3) is 0 Å². The van der Waals surface area contributed by atoms with Gasteiger partial charge in [-0.2, -0.15) is 16.8 Å². The van der Waals surface area contributed by atoms with Crippen molar-refractivity contribution in [1.82, 2.24) is 10.2 Å². The molecular weight excluding hydrogens is 596 g/mol. The molecule has 0 bridgehead atoms. The van der Waals surface area contributed by atoms with Gasteiger partial charge in [-0.3, -0.25) is 18.1 Å². The maximum absolute atomic E-state index is 13.5. The van der Waals surface area contributed by atoms with Gasteiger partial charge in [0.15, 0.2) is 0 Å². The molecule has 1 rings (SSSR count). The van der Waals surface area contributed by atoms with Gasteiger partial charge in [0.1, 0.15) is 29.0 Å². The number of nitrogens with zero attached hydrogens (tertiary/aromatic N) is 1. The Morgan fingerprint density at radius 1 is 0.786 bits per heavy atom. The van der Waals surface area contributed by atoms with Crippen LogP contribution in [0.1, 0.15) is 48.0 Å². The first-order valence-electron chi connectivity index (χ1n) is 13.0. The van der Waals surface area contributed by atoms with Crippen molar-refractivity contribution in [2.24, 2.45) is 0 Å². The van der Waals surface area contributed by atoms with Gasteiger partial charge >= 0.3 is 18.0 Å². The van der Waals surface area contributed by atoms with Gasteiger partial charge in [-0.1, -0.05) is 18.2 Å². The van der Waals surface area contributed by atoms with Crippen molar-refractivity contribution in [2.45, 2.75) is 71.2 Å². The van der Waals surface area contributed by atoms with Crippen LogP contribution < -0.4 is 10.1 Å². The zero-order valence-electron chi connectivity index (χ0n) is 25.2. The molecule has 2 atom stereocenters. The lowest BCUT2D eigenvalue weighted by Crippen LogP contribution is -2.53. The van der Waals surface area contributed by atoms with E-state index < -0.39 is 81.2 Å². The fourth-order valence-corrected chi connectivity index (χ4v) is 4.13. The van der Waals surface area contributed by atoms with Crippen LogP contribution in [0.5, 0.6) is 5.75 Å². The molecule has 0 saturated carbocycles. The molecule has 16 heteroatoms. The number of benzene rings is 1. The second-order valence-electron chi connectivity index (χ2n) is 11.3. The fourth-order valence-electron chi connectivity index (χ4n) is 3.38. The third-order valence-electron chi connectivity index (χ3n) is 4.87. The van der Waals surface area contributed by atoms with Crippen molar-refractivity contribution in [3.8, 4) is 5.75 Å². The van der Waals surface area contributed by atoms with Crippen LogP contribution in [0.2, 0.25) is 0 Å². The molecule has 0 radical (unpaired) electrons. The molecule has 42 heavy (non-hydrogen) atoms. The number of carbonyl (C=O) groups is 3. The minimum Gasteiger partial charge on any atom is -0.459 e. The molecule has 1 amide bonds. The van der Waals surface area contributed by atoms with Crippen molar-refractivity contribution in [2.75, 3.05) is 38.8 Å². The van der Waals surface area contributed by atoms with Gasteiger partial charge in [-0.05, 0) is 53.7 Å². The van der Waals surface area contributed by atoms with E-state index in [1.807, 2.05) is 0 Å². The Morgan fingerprint density at radius 3 is 1.67 bits per heavy atom. The average molecular weight is 639 g/mol. The smallest absolute Gasteiger partial charge is 0.413 e. The summed E-state index contributed by atoms with van der Waals surface area (Å²) in [7, 11) is -7.72. The molecule has 0 heterocycles. The highest BCUT2D eigenvalue weighted by molar-refractivity contribution is 7.86. The first-order chi connectivity index (χ1) is 19.0. The molecule has 0 spiro atoms. The molecule has 240 valence electrons. The summed E-state index contributed by atoms with van der Waals surface area (Å²) in [5.74, 6) is -1.53. The van der Waals surface area contributed by atoms with Crippen LogP contribution in [0, 0.1) is 0 Å². The van der Waals surface area contributed by atoms with Gasteiger partial charge in [0, 0.05) is 19.5 Å². The van der Waals surface area contributed by atoms with E-state index in [1.54, 1.807) is 59.7 Å². The predicted octanol–water partition coefficient (Wildman–Crippen LogP) is 1.84. The summed E-state index contributed by atoms with van der Waals surface area (Å²) in [5, 5.41) is 2.43. The van der Waals surface area contributed by atoms with Gasteiger partial charge < -0.3 is 19.5 Å². The van der Waals surface area contributed by atoms with Gasteiger partial charge in [0.2, 0.25) is 0 Å². The van der Waals surface area contributed by atoms with E-state index in [-0.39, 0.29) is 18.8 Å². The van der Waals surface area contributed by atoms with E-state index in [1.165, 1.54) is 17.0 Å². The number of hydrogen-bond acceptors (Lipinski definition) is 13. The van der Waals surface area contributed by atoms with E-state index >= 15 is 0 Å². The number of para-hydroxylation sites is 1. The first-order valence-corrected chi connectivity index (χ1v) is 16.6. The lowest BCUT2D eigenvalue weighted by Gasteiger charge is -2.34. The Bertz CT molecular complexity index is 1220. The third kappa shape index (κ3) is 17.2. The van der Waals surface area contributed by atoms with Gasteiger partial charge in [0.05, 0.1) is 25.7 Å². The van der Waals surface area contributed by atoms with Crippen molar-refractivity contribution in [3.05, 3.63) is 30.3 Å². The summed E-state index contributed by atoms with van der Waals surface area (Å²) in [4.78, 5) is 40.8. The average Bonchev–Trinajstić information content (AvgIpc) is 2.77. The monoisotopic (exact) mass is 638 g/mol. The number of nitrogens with one attached hydrogen (secondary N) is 1. The number of esters is 2. The normalized spacial score (nSPS) is 14.1. The fraction of sp³-hybridized carbons (Fsp3) is 0.654. The Labute approximate surface area is 248 Å². The van der Waals surface area contributed by atoms with Crippen molar-refractivity contribution >= 4 is 38.3 Å². The minimum atomic E-state index is -3.86. The third-order valence-corrected chi connectivity index (χ3v) is 6.06. The SMILES string of the molecule is CC(C)(C)OC(=O)C(C[C@H](NC(=O)Oc1ccccc1)C(=O)OC(C)(C)C)N(CCOS(C)(=O)=O)CCOS(C)(=O)=O. The van der Waals surface area contributed by atoms with Crippen LogP contribution in [0.3, 0.4) is 0 Å². The highest BCUT2D eigenvalue weighted by Gasteiger charge is 2.37. The molecule has 1 N–H and O–H groups in total. The zero-order valence-corrected chi connectivity index (χ0v) is 26.9. The van der Waals surface area contributed by atoms with Crippen molar-refractivity contribution in [3.63, 3.8) is 0 Å². The van der Waals surface area contributed by atoms with E-state index in [2.05, 4.69) is 5.32 Å². The maximum atomic E-state index is 13.5. The highest BCUT2D eigenvalue weighted by atomic mass is 32.2. The molecule has 0 saturated heterocycles. The summed E-state index contributed by atoms with van der Waals surface area (Å²) in [6, 6.07) is 5.27. The van der Waals surface area contributed by atoms with Gasteiger partial charge in [0.25, 0.3) is 20.2 Å².